The quantitative estimate of drug-likeness (QED) is 0.309. The van der Waals surface area contributed by atoms with E-state index in [-0.39, 0.29) is 28.7 Å². The van der Waals surface area contributed by atoms with Crippen LogP contribution in [0.4, 0.5) is 8.78 Å². The van der Waals surface area contributed by atoms with E-state index in [9.17, 15) is 23.8 Å². The summed E-state index contributed by atoms with van der Waals surface area (Å²) in [5.74, 6) is -2.54. The van der Waals surface area contributed by atoms with Crippen LogP contribution < -0.4 is 9.47 Å². The van der Waals surface area contributed by atoms with Gasteiger partial charge in [0, 0.05) is 48.2 Å². The number of nitrogens with zero attached hydrogens (tertiary/aromatic N) is 1. The van der Waals surface area contributed by atoms with Crippen molar-refractivity contribution in [1.82, 2.24) is 4.57 Å². The highest BCUT2D eigenvalue weighted by atomic mass is 19.1. The molecule has 5 rings (SSSR count). The third-order valence-corrected chi connectivity index (χ3v) is 7.00. The van der Waals surface area contributed by atoms with Crippen molar-refractivity contribution < 1.29 is 38.0 Å². The van der Waals surface area contributed by atoms with Gasteiger partial charge in [-0.2, -0.15) is 0 Å². The Morgan fingerprint density at radius 2 is 1.79 bits per heavy atom. The van der Waals surface area contributed by atoms with Gasteiger partial charge < -0.3 is 29.0 Å². The number of carbonyl (C=O) groups is 1. The zero-order valence-electron chi connectivity index (χ0n) is 21.0. The van der Waals surface area contributed by atoms with Crippen LogP contribution >= 0.6 is 0 Å². The summed E-state index contributed by atoms with van der Waals surface area (Å²) in [7, 11) is 2.75. The third kappa shape index (κ3) is 4.43. The Hall–Kier alpha value is -4.11. The number of hydrogen-bond donors (Lipinski definition) is 2. The molecule has 198 valence electrons. The molecule has 9 heteroatoms. The molecule has 2 N–H and O–H groups in total. The van der Waals surface area contributed by atoms with Crippen LogP contribution in [0.1, 0.15) is 41.2 Å². The maximum absolute atomic E-state index is 14.7. The van der Waals surface area contributed by atoms with Crippen molar-refractivity contribution in [1.29, 1.82) is 0 Å². The van der Waals surface area contributed by atoms with Gasteiger partial charge in [-0.25, -0.2) is 13.6 Å². The van der Waals surface area contributed by atoms with Crippen LogP contribution in [0.15, 0.2) is 48.5 Å². The average molecular weight is 524 g/mol. The molecule has 38 heavy (non-hydrogen) atoms. The van der Waals surface area contributed by atoms with Crippen molar-refractivity contribution in [2.75, 3.05) is 27.4 Å². The number of phenols is 1. The van der Waals surface area contributed by atoms with Crippen LogP contribution in [-0.4, -0.2) is 48.2 Å². The van der Waals surface area contributed by atoms with E-state index in [4.69, 9.17) is 14.2 Å². The fourth-order valence-corrected chi connectivity index (χ4v) is 5.33. The van der Waals surface area contributed by atoms with Crippen LogP contribution in [0, 0.1) is 11.6 Å². The highest BCUT2D eigenvalue weighted by Gasteiger charge is 2.30. The van der Waals surface area contributed by atoms with Gasteiger partial charge >= 0.3 is 5.97 Å². The summed E-state index contributed by atoms with van der Waals surface area (Å²) in [6.45, 7) is 1.10. The number of aromatic nitrogens is 1. The van der Waals surface area contributed by atoms with E-state index in [1.54, 1.807) is 22.8 Å². The van der Waals surface area contributed by atoms with Gasteiger partial charge in [-0.1, -0.05) is 6.07 Å². The van der Waals surface area contributed by atoms with E-state index >= 15 is 0 Å². The van der Waals surface area contributed by atoms with Crippen molar-refractivity contribution in [2.45, 2.75) is 25.2 Å². The molecule has 3 aromatic carbocycles. The predicted octanol–water partition coefficient (Wildman–Crippen LogP) is 6.28. The zero-order valence-corrected chi connectivity index (χ0v) is 21.0. The second kappa shape index (κ2) is 10.3. The number of hydrogen-bond acceptors (Lipinski definition) is 5. The van der Waals surface area contributed by atoms with Crippen molar-refractivity contribution >= 4 is 16.9 Å². The lowest BCUT2D eigenvalue weighted by atomic mass is 9.89. The number of methoxy groups -OCH3 is 2. The Bertz CT molecular complexity index is 1520. The lowest BCUT2D eigenvalue weighted by molar-refractivity contribution is 0.0693. The number of halogens is 2. The van der Waals surface area contributed by atoms with Gasteiger partial charge in [-0.05, 0) is 55.2 Å². The van der Waals surface area contributed by atoms with Crippen LogP contribution in [0.2, 0.25) is 0 Å². The van der Waals surface area contributed by atoms with Gasteiger partial charge in [0.2, 0.25) is 0 Å². The highest BCUT2D eigenvalue weighted by molar-refractivity contribution is 6.04. The molecule has 2 heterocycles. The molecular weight excluding hydrogens is 496 g/mol. The fraction of sp³-hybridized carbons (Fsp3) is 0.276. The summed E-state index contributed by atoms with van der Waals surface area (Å²) in [6.07, 6.45) is 2.17. The average Bonchev–Trinajstić information content (AvgIpc) is 3.03. The standard InChI is InChI=1S/C29H27F2NO6/c1-36-24-8-5-17(12-20(24)29(34)35)26-27-22(13-18(30)14-23(27)33)32(19-6-7-21(31)25(15-19)37-2)28(26)16-4-3-10-38-11-9-16/h5-8,12-16,33H,3-4,9-11H2,1-2H3,(H,34,35). The van der Waals surface area contributed by atoms with Crippen molar-refractivity contribution in [3.63, 3.8) is 0 Å². The number of ether oxygens (including phenoxy) is 3. The van der Waals surface area contributed by atoms with E-state index in [0.29, 0.717) is 47.4 Å². The van der Waals surface area contributed by atoms with Crippen LogP contribution in [0.5, 0.6) is 17.2 Å². The van der Waals surface area contributed by atoms with Gasteiger partial charge in [-0.15, -0.1) is 0 Å². The summed E-state index contributed by atoms with van der Waals surface area (Å²) < 4.78 is 47.1. The van der Waals surface area contributed by atoms with Crippen molar-refractivity contribution in [2.24, 2.45) is 0 Å². The van der Waals surface area contributed by atoms with Crippen LogP contribution in [0.25, 0.3) is 27.7 Å². The maximum atomic E-state index is 14.7. The Morgan fingerprint density at radius 1 is 1.00 bits per heavy atom. The van der Waals surface area contributed by atoms with E-state index in [0.717, 1.165) is 24.6 Å². The molecule has 1 aromatic heterocycles. The lowest BCUT2D eigenvalue weighted by Crippen LogP contribution is -2.09. The molecule has 0 saturated carbocycles. The number of carboxylic acids is 1. The number of carboxylic acid groups (broad SMARTS) is 1. The van der Waals surface area contributed by atoms with Crippen molar-refractivity contribution in [3.05, 3.63) is 71.4 Å². The van der Waals surface area contributed by atoms with Gasteiger partial charge in [0.05, 0.1) is 25.1 Å². The number of rotatable bonds is 6. The molecule has 7 nitrogen and oxygen atoms in total. The number of aromatic hydroxyl groups is 1. The molecule has 0 radical (unpaired) electrons. The Balaban J connectivity index is 1.92. The summed E-state index contributed by atoms with van der Waals surface area (Å²) in [5, 5.41) is 21.3. The molecule has 1 atom stereocenters. The molecule has 0 amide bonds. The van der Waals surface area contributed by atoms with Crippen molar-refractivity contribution in [3.8, 4) is 34.1 Å². The largest absolute Gasteiger partial charge is 0.507 e. The van der Waals surface area contributed by atoms with Crippen LogP contribution in [0.3, 0.4) is 0 Å². The summed E-state index contributed by atoms with van der Waals surface area (Å²) >= 11 is 0. The minimum absolute atomic E-state index is 0.0132. The second-order valence-electron chi connectivity index (χ2n) is 9.19. The monoisotopic (exact) mass is 523 g/mol. The van der Waals surface area contributed by atoms with Crippen LogP contribution in [-0.2, 0) is 4.74 Å². The molecule has 0 spiro atoms. The molecule has 0 bridgehead atoms. The maximum Gasteiger partial charge on any atom is 0.339 e. The highest BCUT2D eigenvalue weighted by Crippen LogP contribution is 2.47. The first-order valence-corrected chi connectivity index (χ1v) is 12.2. The van der Waals surface area contributed by atoms with Gasteiger partial charge in [0.15, 0.2) is 11.6 Å². The minimum atomic E-state index is -1.17. The molecule has 1 saturated heterocycles. The molecule has 1 aliphatic heterocycles. The SMILES string of the molecule is COc1cc(-n2c(C3CCCOCC3)c(-c3ccc(OC)c(C(=O)O)c3)c3c(O)cc(F)cc32)ccc1F. The Labute approximate surface area is 217 Å². The summed E-state index contributed by atoms with van der Waals surface area (Å²) in [6, 6.07) is 11.5. The van der Waals surface area contributed by atoms with Gasteiger partial charge in [0.25, 0.3) is 0 Å². The first-order chi connectivity index (χ1) is 18.3. The Kier molecular flexibility index (Phi) is 6.94. The molecule has 0 aliphatic carbocycles. The minimum Gasteiger partial charge on any atom is -0.507 e. The zero-order chi connectivity index (χ0) is 27.0. The molecule has 1 fully saturated rings. The predicted molar refractivity (Wildman–Crippen MR) is 138 cm³/mol. The summed E-state index contributed by atoms with van der Waals surface area (Å²) in [4.78, 5) is 12.1. The molecule has 1 aliphatic rings. The van der Waals surface area contributed by atoms with Gasteiger partial charge in [-0.3, -0.25) is 0 Å². The molecule has 4 aromatic rings. The van der Waals surface area contributed by atoms with E-state index < -0.39 is 17.6 Å². The number of benzene rings is 3. The summed E-state index contributed by atoms with van der Waals surface area (Å²) in [5.41, 5.74) is 2.64. The number of phenolic OH excluding ortho intramolecular Hbond substituents is 1. The fourth-order valence-electron chi connectivity index (χ4n) is 5.33. The third-order valence-electron chi connectivity index (χ3n) is 7.00. The smallest absolute Gasteiger partial charge is 0.339 e. The molecule has 1 unspecified atom stereocenters. The number of fused-ring (bicyclic) bond motifs is 1. The lowest BCUT2D eigenvalue weighted by Gasteiger charge is -2.21. The molecular formula is C29H27F2NO6. The first-order valence-electron chi connectivity index (χ1n) is 12.2. The first kappa shape index (κ1) is 25.5. The topological polar surface area (TPSA) is 90.2 Å². The van der Waals surface area contributed by atoms with Gasteiger partial charge in [0.1, 0.15) is 22.9 Å². The number of aromatic carboxylic acids is 1. The normalized spacial score (nSPS) is 15.8. The van der Waals surface area contributed by atoms with E-state index in [2.05, 4.69) is 0 Å². The Morgan fingerprint density at radius 3 is 2.53 bits per heavy atom. The second-order valence-corrected chi connectivity index (χ2v) is 9.19. The van der Waals surface area contributed by atoms with E-state index in [1.165, 1.54) is 38.5 Å². The van der Waals surface area contributed by atoms with E-state index in [1.807, 2.05) is 0 Å².